The number of aromatic nitrogens is 2. The third-order valence-corrected chi connectivity index (χ3v) is 4.22. The Kier molecular flexibility index (Phi) is 3.18. The topological polar surface area (TPSA) is 64.9 Å². The second kappa shape index (κ2) is 4.82. The van der Waals surface area contributed by atoms with Crippen LogP contribution >= 0.6 is 23.4 Å². The molecule has 3 rings (SSSR count). The van der Waals surface area contributed by atoms with Crippen molar-refractivity contribution in [2.24, 2.45) is 0 Å². The molecule has 2 N–H and O–H groups in total. The molecule has 1 aromatic heterocycles. The maximum Gasteiger partial charge on any atom is 0.229 e. The lowest BCUT2D eigenvalue weighted by Gasteiger charge is -2.02. The molecule has 0 aliphatic heterocycles. The van der Waals surface area contributed by atoms with Gasteiger partial charge in [0, 0.05) is 16.5 Å². The third kappa shape index (κ3) is 2.62. The molecule has 0 amide bonds. The fourth-order valence-corrected chi connectivity index (χ4v) is 2.70. The summed E-state index contributed by atoms with van der Waals surface area (Å²) in [4.78, 5) is 5.31. The van der Waals surface area contributed by atoms with Gasteiger partial charge in [0.05, 0.1) is 10.8 Å². The Balaban J connectivity index is 1.67. The van der Waals surface area contributed by atoms with Crippen LogP contribution < -0.4 is 5.73 Å². The van der Waals surface area contributed by atoms with E-state index in [4.69, 9.17) is 21.9 Å². The van der Waals surface area contributed by atoms with Gasteiger partial charge in [0.1, 0.15) is 0 Å². The van der Waals surface area contributed by atoms with E-state index in [0.717, 1.165) is 23.6 Å². The third-order valence-electron chi connectivity index (χ3n) is 2.72. The van der Waals surface area contributed by atoms with Gasteiger partial charge in [-0.3, -0.25) is 0 Å². The van der Waals surface area contributed by atoms with Crippen molar-refractivity contribution in [3.63, 3.8) is 0 Å². The first-order valence-electron chi connectivity index (χ1n) is 5.72. The molecule has 94 valence electrons. The lowest BCUT2D eigenvalue weighted by Crippen LogP contribution is -1.88. The highest BCUT2D eigenvalue weighted by Crippen LogP contribution is 2.39. The van der Waals surface area contributed by atoms with E-state index in [0.29, 0.717) is 28.2 Å². The molecule has 1 aliphatic rings. The summed E-state index contributed by atoms with van der Waals surface area (Å²) in [6.45, 7) is 0. The fourth-order valence-electron chi connectivity index (χ4n) is 1.60. The molecule has 0 radical (unpaired) electrons. The molecule has 1 aromatic carbocycles. The van der Waals surface area contributed by atoms with Crippen LogP contribution in [0.3, 0.4) is 0 Å². The van der Waals surface area contributed by atoms with Crippen molar-refractivity contribution in [1.82, 2.24) is 10.1 Å². The Labute approximate surface area is 114 Å². The Morgan fingerprint density at radius 1 is 1.44 bits per heavy atom. The summed E-state index contributed by atoms with van der Waals surface area (Å²) >= 11 is 7.65. The lowest BCUT2D eigenvalue weighted by molar-refractivity contribution is 0.375. The predicted molar refractivity (Wildman–Crippen MR) is 71.7 cm³/mol. The molecule has 1 fully saturated rings. The summed E-state index contributed by atoms with van der Waals surface area (Å²) in [5, 5.41) is 4.66. The molecular weight excluding hydrogens is 270 g/mol. The molecule has 2 aromatic rings. The highest BCUT2D eigenvalue weighted by molar-refractivity contribution is 7.98. The number of anilines is 1. The first kappa shape index (κ1) is 11.9. The van der Waals surface area contributed by atoms with Gasteiger partial charge in [0.15, 0.2) is 5.82 Å². The van der Waals surface area contributed by atoms with E-state index < -0.39 is 0 Å². The second-order valence-electron chi connectivity index (χ2n) is 4.30. The van der Waals surface area contributed by atoms with Gasteiger partial charge in [-0.25, -0.2) is 0 Å². The van der Waals surface area contributed by atoms with Gasteiger partial charge >= 0.3 is 0 Å². The number of benzene rings is 1. The molecule has 1 saturated carbocycles. The molecule has 0 spiro atoms. The average Bonchev–Trinajstić information content (AvgIpc) is 3.10. The Hall–Kier alpha value is -1.20. The lowest BCUT2D eigenvalue weighted by atomic mass is 10.3. The molecule has 1 aliphatic carbocycles. The standard InChI is InChI=1S/C12H12ClN3OS/c13-9-4-3-8(14)5-10(9)18-6-11-15-12(17-16-11)7-1-2-7/h3-5,7H,1-2,6,14H2. The Morgan fingerprint density at radius 2 is 2.28 bits per heavy atom. The fraction of sp³-hybridized carbons (Fsp3) is 0.333. The highest BCUT2D eigenvalue weighted by Gasteiger charge is 2.29. The number of rotatable bonds is 4. The first-order valence-corrected chi connectivity index (χ1v) is 7.09. The molecular formula is C12H12ClN3OS. The van der Waals surface area contributed by atoms with Crippen molar-refractivity contribution in [3.05, 3.63) is 34.9 Å². The van der Waals surface area contributed by atoms with E-state index in [1.54, 1.807) is 23.9 Å². The summed E-state index contributed by atoms with van der Waals surface area (Å²) < 4.78 is 5.20. The normalized spacial score (nSPS) is 14.9. The zero-order valence-electron chi connectivity index (χ0n) is 9.60. The molecule has 4 nitrogen and oxygen atoms in total. The summed E-state index contributed by atoms with van der Waals surface area (Å²) in [7, 11) is 0. The van der Waals surface area contributed by atoms with E-state index in [-0.39, 0.29) is 0 Å². The zero-order chi connectivity index (χ0) is 12.5. The smallest absolute Gasteiger partial charge is 0.229 e. The van der Waals surface area contributed by atoms with Crippen molar-refractivity contribution >= 4 is 29.1 Å². The van der Waals surface area contributed by atoms with Crippen LogP contribution in [0.15, 0.2) is 27.6 Å². The number of thioether (sulfide) groups is 1. The molecule has 18 heavy (non-hydrogen) atoms. The molecule has 6 heteroatoms. The maximum absolute atomic E-state index is 6.09. The van der Waals surface area contributed by atoms with Gasteiger partial charge in [-0.2, -0.15) is 4.98 Å². The van der Waals surface area contributed by atoms with Crippen molar-refractivity contribution < 1.29 is 4.52 Å². The van der Waals surface area contributed by atoms with Gasteiger partial charge in [-0.05, 0) is 31.0 Å². The van der Waals surface area contributed by atoms with Crippen molar-refractivity contribution in [1.29, 1.82) is 0 Å². The van der Waals surface area contributed by atoms with Gasteiger partial charge in [0.25, 0.3) is 0 Å². The van der Waals surface area contributed by atoms with Crippen LogP contribution in [0.2, 0.25) is 5.02 Å². The monoisotopic (exact) mass is 281 g/mol. The van der Waals surface area contributed by atoms with Crippen LogP contribution in [0, 0.1) is 0 Å². The number of hydrogen-bond acceptors (Lipinski definition) is 5. The van der Waals surface area contributed by atoms with Crippen molar-refractivity contribution in [3.8, 4) is 0 Å². The average molecular weight is 282 g/mol. The predicted octanol–water partition coefficient (Wildman–Crippen LogP) is 3.47. The largest absolute Gasteiger partial charge is 0.399 e. The second-order valence-corrected chi connectivity index (χ2v) is 5.73. The van der Waals surface area contributed by atoms with Gasteiger partial charge in [-0.15, -0.1) is 11.8 Å². The van der Waals surface area contributed by atoms with Crippen molar-refractivity contribution in [2.75, 3.05) is 5.73 Å². The first-order chi connectivity index (χ1) is 8.72. The summed E-state index contributed by atoms with van der Waals surface area (Å²) in [5.41, 5.74) is 6.43. The summed E-state index contributed by atoms with van der Waals surface area (Å²) in [6, 6.07) is 5.44. The zero-order valence-corrected chi connectivity index (χ0v) is 11.2. The molecule has 0 saturated heterocycles. The summed E-state index contributed by atoms with van der Waals surface area (Å²) in [5.74, 6) is 2.61. The van der Waals surface area contributed by atoms with E-state index >= 15 is 0 Å². The number of halogens is 1. The number of nitrogens with zero attached hydrogens (tertiary/aromatic N) is 2. The highest BCUT2D eigenvalue weighted by atomic mass is 35.5. The quantitative estimate of drug-likeness (QED) is 0.686. The minimum atomic E-state index is 0.493. The van der Waals surface area contributed by atoms with E-state index in [1.807, 2.05) is 6.07 Å². The van der Waals surface area contributed by atoms with Gasteiger partial charge in [0.2, 0.25) is 5.89 Å². The van der Waals surface area contributed by atoms with E-state index in [9.17, 15) is 0 Å². The minimum Gasteiger partial charge on any atom is -0.399 e. The molecule has 0 unspecified atom stereocenters. The molecule has 0 bridgehead atoms. The summed E-state index contributed by atoms with van der Waals surface area (Å²) in [6.07, 6.45) is 2.33. The van der Waals surface area contributed by atoms with Gasteiger partial charge < -0.3 is 10.3 Å². The molecule has 0 atom stereocenters. The van der Waals surface area contributed by atoms with Crippen LogP contribution in [0.4, 0.5) is 5.69 Å². The van der Waals surface area contributed by atoms with Crippen LogP contribution in [-0.4, -0.2) is 10.1 Å². The maximum atomic E-state index is 6.09. The Bertz CT molecular complexity index is 568. The Morgan fingerprint density at radius 3 is 3.06 bits per heavy atom. The number of hydrogen-bond donors (Lipinski definition) is 1. The number of nitrogens with two attached hydrogens (primary N) is 1. The van der Waals surface area contributed by atoms with Crippen LogP contribution in [0.25, 0.3) is 0 Å². The van der Waals surface area contributed by atoms with Crippen LogP contribution in [0.5, 0.6) is 0 Å². The SMILES string of the molecule is Nc1ccc(Cl)c(SCc2noc(C3CC3)n2)c1. The molecule has 1 heterocycles. The van der Waals surface area contributed by atoms with E-state index in [1.165, 1.54) is 0 Å². The van der Waals surface area contributed by atoms with Gasteiger partial charge in [-0.1, -0.05) is 16.8 Å². The van der Waals surface area contributed by atoms with Crippen LogP contribution in [0.1, 0.15) is 30.5 Å². The van der Waals surface area contributed by atoms with E-state index in [2.05, 4.69) is 10.1 Å². The van der Waals surface area contributed by atoms with Crippen LogP contribution in [-0.2, 0) is 5.75 Å². The number of nitrogen functional groups attached to an aromatic ring is 1. The van der Waals surface area contributed by atoms with Crippen molar-refractivity contribution in [2.45, 2.75) is 29.4 Å². The minimum absolute atomic E-state index is 0.493.